The van der Waals surface area contributed by atoms with Crippen molar-refractivity contribution in [2.75, 3.05) is 32.8 Å². The molecule has 6 nitrogen and oxygen atoms in total. The Morgan fingerprint density at radius 1 is 1.38 bits per heavy atom. The number of likely N-dealkylation sites (tertiary alicyclic amines) is 1. The Kier molecular flexibility index (Phi) is 6.18. The molecule has 0 radical (unpaired) electrons. The van der Waals surface area contributed by atoms with Gasteiger partial charge >= 0.3 is 6.18 Å². The van der Waals surface area contributed by atoms with E-state index >= 15 is 0 Å². The SMILES string of the molecule is O=C(NC[C@@H]1CCCO[C@H]1c1cn[nH]c1)C1CCCN(CC(F)(F)F)C1. The van der Waals surface area contributed by atoms with Crippen molar-refractivity contribution in [2.24, 2.45) is 11.8 Å². The summed E-state index contributed by atoms with van der Waals surface area (Å²) in [6, 6.07) is 0. The maximum atomic E-state index is 12.6. The molecule has 146 valence electrons. The van der Waals surface area contributed by atoms with Crippen LogP contribution < -0.4 is 5.32 Å². The van der Waals surface area contributed by atoms with Gasteiger partial charge in [0.25, 0.3) is 0 Å². The Bertz CT molecular complexity index is 579. The maximum absolute atomic E-state index is 12.6. The van der Waals surface area contributed by atoms with Crippen LogP contribution in [-0.4, -0.2) is 60.0 Å². The average Bonchev–Trinajstić information content (AvgIpc) is 3.13. The highest BCUT2D eigenvalue weighted by molar-refractivity contribution is 5.79. The molecule has 0 spiro atoms. The van der Waals surface area contributed by atoms with Crippen LogP contribution in [0.3, 0.4) is 0 Å². The summed E-state index contributed by atoms with van der Waals surface area (Å²) >= 11 is 0. The molecular formula is C17H25F3N4O2. The second-order valence-electron chi connectivity index (χ2n) is 7.16. The largest absolute Gasteiger partial charge is 0.401 e. The Balaban J connectivity index is 1.51. The first kappa shape index (κ1) is 19.2. The van der Waals surface area contributed by atoms with Gasteiger partial charge in [0.05, 0.1) is 24.8 Å². The third-order valence-corrected chi connectivity index (χ3v) is 5.11. The molecule has 2 saturated heterocycles. The number of rotatable bonds is 5. The van der Waals surface area contributed by atoms with Crippen molar-refractivity contribution < 1.29 is 22.7 Å². The second-order valence-corrected chi connectivity index (χ2v) is 7.16. The van der Waals surface area contributed by atoms with E-state index in [1.807, 2.05) is 0 Å². The summed E-state index contributed by atoms with van der Waals surface area (Å²) in [5.74, 6) is -0.406. The van der Waals surface area contributed by atoms with Gasteiger partial charge in [-0.25, -0.2) is 0 Å². The van der Waals surface area contributed by atoms with Crippen molar-refractivity contribution in [3.05, 3.63) is 18.0 Å². The van der Waals surface area contributed by atoms with Crippen LogP contribution in [-0.2, 0) is 9.53 Å². The highest BCUT2D eigenvalue weighted by Gasteiger charge is 2.35. The lowest BCUT2D eigenvalue weighted by Gasteiger charge is -2.34. The molecule has 2 aliphatic rings. The lowest BCUT2D eigenvalue weighted by atomic mass is 9.90. The van der Waals surface area contributed by atoms with Gasteiger partial charge in [-0.1, -0.05) is 0 Å². The van der Waals surface area contributed by atoms with Gasteiger partial charge in [0.2, 0.25) is 5.91 Å². The predicted octanol–water partition coefficient (Wildman–Crippen LogP) is 2.27. The summed E-state index contributed by atoms with van der Waals surface area (Å²) in [5.41, 5.74) is 0.956. The molecule has 0 aromatic carbocycles. The summed E-state index contributed by atoms with van der Waals surface area (Å²) in [6.07, 6.45) is 2.28. The fourth-order valence-electron chi connectivity index (χ4n) is 3.88. The Morgan fingerprint density at radius 2 is 2.23 bits per heavy atom. The topological polar surface area (TPSA) is 70.2 Å². The highest BCUT2D eigenvalue weighted by Crippen LogP contribution is 2.32. The lowest BCUT2D eigenvalue weighted by molar-refractivity contribution is -0.152. The van der Waals surface area contributed by atoms with Crippen molar-refractivity contribution in [1.82, 2.24) is 20.4 Å². The first-order chi connectivity index (χ1) is 12.4. The Labute approximate surface area is 150 Å². The zero-order valence-electron chi connectivity index (χ0n) is 14.6. The minimum Gasteiger partial charge on any atom is -0.373 e. The number of hydrogen-bond donors (Lipinski definition) is 2. The molecule has 3 heterocycles. The van der Waals surface area contributed by atoms with Gasteiger partial charge < -0.3 is 10.1 Å². The fourth-order valence-corrected chi connectivity index (χ4v) is 3.88. The number of nitrogens with zero attached hydrogens (tertiary/aromatic N) is 2. The van der Waals surface area contributed by atoms with E-state index in [1.54, 1.807) is 12.4 Å². The van der Waals surface area contributed by atoms with Crippen molar-refractivity contribution in [3.63, 3.8) is 0 Å². The van der Waals surface area contributed by atoms with Crippen molar-refractivity contribution in [3.8, 4) is 0 Å². The van der Waals surface area contributed by atoms with Gasteiger partial charge in [-0.3, -0.25) is 14.8 Å². The standard InChI is InChI=1S/C17H25F3N4O2/c18-17(19,20)11-24-5-1-3-13(10-24)16(25)21-7-12-4-2-6-26-15(12)14-8-22-23-9-14/h8-9,12-13,15H,1-7,10-11H2,(H,21,25)(H,22,23)/t12-,13?,15+/m0/s1. The first-order valence-electron chi connectivity index (χ1n) is 9.09. The summed E-state index contributed by atoms with van der Waals surface area (Å²) in [5, 5.41) is 9.66. The summed E-state index contributed by atoms with van der Waals surface area (Å²) in [6.45, 7) is 0.746. The molecule has 0 bridgehead atoms. The third-order valence-electron chi connectivity index (χ3n) is 5.11. The quantitative estimate of drug-likeness (QED) is 0.830. The number of H-pyrrole nitrogens is 1. The second kappa shape index (κ2) is 8.39. The fraction of sp³-hybridized carbons (Fsp3) is 0.765. The van der Waals surface area contributed by atoms with Crippen LogP contribution in [0, 0.1) is 11.8 Å². The van der Waals surface area contributed by atoms with Crippen LogP contribution >= 0.6 is 0 Å². The van der Waals surface area contributed by atoms with Crippen molar-refractivity contribution in [2.45, 2.75) is 38.0 Å². The molecule has 26 heavy (non-hydrogen) atoms. The van der Waals surface area contributed by atoms with Crippen LogP contribution in [0.1, 0.15) is 37.4 Å². The highest BCUT2D eigenvalue weighted by atomic mass is 19.4. The molecule has 2 aliphatic heterocycles. The van der Waals surface area contributed by atoms with E-state index in [4.69, 9.17) is 4.74 Å². The molecule has 1 unspecified atom stereocenters. The molecular weight excluding hydrogens is 349 g/mol. The number of piperidine rings is 1. The van der Waals surface area contributed by atoms with Gasteiger partial charge in [0.15, 0.2) is 0 Å². The minimum atomic E-state index is -4.23. The van der Waals surface area contributed by atoms with Crippen LogP contribution in [0.2, 0.25) is 0 Å². The number of halogens is 3. The maximum Gasteiger partial charge on any atom is 0.401 e. The van der Waals surface area contributed by atoms with E-state index in [0.717, 1.165) is 18.4 Å². The van der Waals surface area contributed by atoms with Crippen LogP contribution in [0.25, 0.3) is 0 Å². The molecule has 1 aromatic rings. The van der Waals surface area contributed by atoms with Crippen LogP contribution in [0.4, 0.5) is 13.2 Å². The number of aromatic amines is 1. The van der Waals surface area contributed by atoms with E-state index in [0.29, 0.717) is 32.5 Å². The van der Waals surface area contributed by atoms with Gasteiger partial charge in [0, 0.05) is 37.4 Å². The zero-order chi connectivity index (χ0) is 18.6. The van der Waals surface area contributed by atoms with E-state index in [1.165, 1.54) is 4.90 Å². The Hall–Kier alpha value is -1.61. The molecule has 1 amide bonds. The first-order valence-corrected chi connectivity index (χ1v) is 9.09. The summed E-state index contributed by atoms with van der Waals surface area (Å²) < 4.78 is 43.6. The van der Waals surface area contributed by atoms with E-state index in [2.05, 4.69) is 15.5 Å². The van der Waals surface area contributed by atoms with E-state index < -0.39 is 12.7 Å². The summed E-state index contributed by atoms with van der Waals surface area (Å²) in [7, 11) is 0. The van der Waals surface area contributed by atoms with Crippen LogP contribution in [0.15, 0.2) is 12.4 Å². The van der Waals surface area contributed by atoms with Crippen molar-refractivity contribution in [1.29, 1.82) is 0 Å². The molecule has 1 aromatic heterocycles. The molecule has 2 N–H and O–H groups in total. The van der Waals surface area contributed by atoms with Crippen LogP contribution in [0.5, 0.6) is 0 Å². The molecule has 3 atom stereocenters. The number of aromatic nitrogens is 2. The van der Waals surface area contributed by atoms with Crippen molar-refractivity contribution >= 4 is 5.91 Å². The monoisotopic (exact) mass is 374 g/mol. The summed E-state index contributed by atoms with van der Waals surface area (Å²) in [4.78, 5) is 13.8. The average molecular weight is 374 g/mol. The molecule has 0 aliphatic carbocycles. The molecule has 3 rings (SSSR count). The Morgan fingerprint density at radius 3 is 2.96 bits per heavy atom. The number of nitrogens with one attached hydrogen (secondary N) is 2. The van der Waals surface area contributed by atoms with E-state index in [-0.39, 0.29) is 30.4 Å². The normalized spacial score (nSPS) is 28.0. The van der Waals surface area contributed by atoms with E-state index in [9.17, 15) is 18.0 Å². The van der Waals surface area contributed by atoms with Gasteiger partial charge in [-0.05, 0) is 32.2 Å². The zero-order valence-corrected chi connectivity index (χ0v) is 14.6. The number of carbonyl (C=O) groups is 1. The molecule has 0 saturated carbocycles. The predicted molar refractivity (Wildman–Crippen MR) is 88.2 cm³/mol. The third kappa shape index (κ3) is 5.20. The number of alkyl halides is 3. The van der Waals surface area contributed by atoms with Gasteiger partial charge in [0.1, 0.15) is 0 Å². The number of carbonyl (C=O) groups excluding carboxylic acids is 1. The van der Waals surface area contributed by atoms with Gasteiger partial charge in [-0.15, -0.1) is 0 Å². The smallest absolute Gasteiger partial charge is 0.373 e. The minimum absolute atomic E-state index is 0.115. The lowest BCUT2D eigenvalue weighted by Crippen LogP contribution is -2.47. The molecule has 2 fully saturated rings. The number of ether oxygens (including phenoxy) is 1. The van der Waals surface area contributed by atoms with Gasteiger partial charge in [-0.2, -0.15) is 18.3 Å². The number of amides is 1. The molecule has 9 heteroatoms. The number of hydrogen-bond acceptors (Lipinski definition) is 4.